The summed E-state index contributed by atoms with van der Waals surface area (Å²) in [5.41, 5.74) is 2.00. The number of ether oxygens (including phenoxy) is 1. The molecule has 1 fully saturated rings. The first-order chi connectivity index (χ1) is 11.2. The lowest BCUT2D eigenvalue weighted by Crippen LogP contribution is -2.34. The Morgan fingerprint density at radius 2 is 1.78 bits per heavy atom. The van der Waals surface area contributed by atoms with Gasteiger partial charge in [-0.05, 0) is 54.4 Å². The molecular weight excluding hydrogens is 316 g/mol. The predicted octanol–water partition coefficient (Wildman–Crippen LogP) is 4.78. The topological polar surface area (TPSA) is 21.6 Å². The van der Waals surface area contributed by atoms with E-state index in [1.165, 1.54) is 18.2 Å². The Kier molecular flexibility index (Phi) is 4.91. The minimum Gasteiger partial charge on any atom is -0.373 e. The standard InChI is InChI=1S/C18H15F2NOS/c19-15-5-3-12(4-6-15)13-1-2-14(18(20)7-13)10-22-17-8-16(9-17)21-11-23/h1-7,16-17H,8-10H2. The van der Waals surface area contributed by atoms with Gasteiger partial charge in [0.05, 0.1) is 23.9 Å². The zero-order valence-electron chi connectivity index (χ0n) is 12.3. The maximum Gasteiger partial charge on any atom is 0.129 e. The van der Waals surface area contributed by atoms with Crippen molar-refractivity contribution >= 4 is 17.4 Å². The van der Waals surface area contributed by atoms with E-state index >= 15 is 0 Å². The molecule has 2 aromatic rings. The number of rotatable bonds is 5. The van der Waals surface area contributed by atoms with Crippen LogP contribution in [0, 0.1) is 11.6 Å². The van der Waals surface area contributed by atoms with E-state index in [0.717, 1.165) is 18.4 Å². The molecule has 1 aliphatic rings. The van der Waals surface area contributed by atoms with E-state index in [2.05, 4.69) is 22.4 Å². The van der Waals surface area contributed by atoms with E-state index in [9.17, 15) is 8.78 Å². The highest BCUT2D eigenvalue weighted by atomic mass is 32.1. The highest BCUT2D eigenvalue weighted by Crippen LogP contribution is 2.28. The van der Waals surface area contributed by atoms with E-state index in [0.29, 0.717) is 11.1 Å². The van der Waals surface area contributed by atoms with Gasteiger partial charge in [0.2, 0.25) is 0 Å². The molecule has 3 rings (SSSR count). The van der Waals surface area contributed by atoms with Gasteiger partial charge in [0.25, 0.3) is 0 Å². The molecule has 0 bridgehead atoms. The number of hydrogen-bond acceptors (Lipinski definition) is 3. The summed E-state index contributed by atoms with van der Waals surface area (Å²) in [4.78, 5) is 3.99. The molecule has 0 heterocycles. The van der Waals surface area contributed by atoms with E-state index in [1.807, 2.05) is 6.07 Å². The van der Waals surface area contributed by atoms with Crippen LogP contribution in [-0.4, -0.2) is 17.3 Å². The van der Waals surface area contributed by atoms with Gasteiger partial charge in [0, 0.05) is 5.56 Å². The fourth-order valence-corrected chi connectivity index (χ4v) is 2.70. The molecule has 2 aromatic carbocycles. The molecule has 1 saturated carbocycles. The molecule has 118 valence electrons. The predicted molar refractivity (Wildman–Crippen MR) is 88.4 cm³/mol. The number of thiocarbonyl (C=S) groups is 1. The molecule has 0 saturated heterocycles. The molecule has 0 amide bonds. The van der Waals surface area contributed by atoms with Crippen LogP contribution in [0.4, 0.5) is 8.78 Å². The molecular formula is C18H15F2NOS. The zero-order chi connectivity index (χ0) is 16.2. The number of aliphatic imine (C=N–C) groups is 1. The molecule has 1 aliphatic carbocycles. The summed E-state index contributed by atoms with van der Waals surface area (Å²) in [6.45, 7) is 0.230. The van der Waals surface area contributed by atoms with Crippen molar-refractivity contribution in [2.24, 2.45) is 4.99 Å². The molecule has 0 spiro atoms. The fraction of sp³-hybridized carbons (Fsp3) is 0.278. The molecule has 0 radical (unpaired) electrons. The third-order valence-electron chi connectivity index (χ3n) is 4.01. The minimum absolute atomic E-state index is 0.100. The lowest BCUT2D eigenvalue weighted by atomic mass is 9.90. The Labute approximate surface area is 138 Å². The van der Waals surface area contributed by atoms with Crippen LogP contribution >= 0.6 is 12.2 Å². The van der Waals surface area contributed by atoms with Gasteiger partial charge in [0.15, 0.2) is 0 Å². The molecule has 0 unspecified atom stereocenters. The van der Waals surface area contributed by atoms with Crippen LogP contribution in [0.25, 0.3) is 11.1 Å². The Bertz CT molecular complexity index is 735. The van der Waals surface area contributed by atoms with E-state index in [1.54, 1.807) is 18.2 Å². The monoisotopic (exact) mass is 331 g/mol. The van der Waals surface area contributed by atoms with Crippen LogP contribution in [0.15, 0.2) is 47.5 Å². The first kappa shape index (κ1) is 15.9. The average molecular weight is 331 g/mol. The first-order valence-electron chi connectivity index (χ1n) is 7.38. The largest absolute Gasteiger partial charge is 0.373 e. The van der Waals surface area contributed by atoms with Gasteiger partial charge in [-0.2, -0.15) is 0 Å². The van der Waals surface area contributed by atoms with Crippen molar-refractivity contribution in [3.05, 3.63) is 59.7 Å². The van der Waals surface area contributed by atoms with Crippen molar-refractivity contribution in [1.29, 1.82) is 0 Å². The van der Waals surface area contributed by atoms with Crippen molar-refractivity contribution in [2.45, 2.75) is 31.6 Å². The summed E-state index contributed by atoms with van der Waals surface area (Å²) in [6, 6.07) is 11.2. The van der Waals surface area contributed by atoms with Gasteiger partial charge < -0.3 is 4.74 Å². The van der Waals surface area contributed by atoms with Crippen molar-refractivity contribution in [3.8, 4) is 11.1 Å². The van der Waals surface area contributed by atoms with Gasteiger partial charge in [-0.1, -0.05) is 24.3 Å². The van der Waals surface area contributed by atoms with Crippen LogP contribution < -0.4 is 0 Å². The summed E-state index contributed by atoms with van der Waals surface area (Å²) in [5, 5.41) is 2.37. The van der Waals surface area contributed by atoms with Gasteiger partial charge in [-0.3, -0.25) is 0 Å². The van der Waals surface area contributed by atoms with Crippen LogP contribution in [0.1, 0.15) is 18.4 Å². The van der Waals surface area contributed by atoms with Gasteiger partial charge in [-0.15, -0.1) is 0 Å². The van der Waals surface area contributed by atoms with Crippen LogP contribution in [0.2, 0.25) is 0 Å². The lowest BCUT2D eigenvalue weighted by Gasteiger charge is -2.31. The maximum absolute atomic E-state index is 14.2. The van der Waals surface area contributed by atoms with E-state index < -0.39 is 0 Å². The van der Waals surface area contributed by atoms with E-state index in [4.69, 9.17) is 4.74 Å². The molecule has 0 N–H and O–H groups in total. The van der Waals surface area contributed by atoms with Crippen LogP contribution in [-0.2, 0) is 11.3 Å². The van der Waals surface area contributed by atoms with Gasteiger partial charge in [0.1, 0.15) is 11.6 Å². The fourth-order valence-electron chi connectivity index (χ4n) is 2.55. The van der Waals surface area contributed by atoms with Crippen molar-refractivity contribution in [1.82, 2.24) is 0 Å². The van der Waals surface area contributed by atoms with Crippen molar-refractivity contribution in [2.75, 3.05) is 0 Å². The number of isothiocyanates is 1. The van der Waals surface area contributed by atoms with Crippen molar-refractivity contribution in [3.63, 3.8) is 0 Å². The first-order valence-corrected chi connectivity index (χ1v) is 7.79. The van der Waals surface area contributed by atoms with Gasteiger partial charge >= 0.3 is 0 Å². The number of halogens is 2. The Morgan fingerprint density at radius 1 is 1.09 bits per heavy atom. The lowest BCUT2D eigenvalue weighted by molar-refractivity contribution is -0.0192. The molecule has 2 nitrogen and oxygen atoms in total. The number of nitrogens with zero attached hydrogens (tertiary/aromatic N) is 1. The minimum atomic E-state index is -0.320. The Hall–Kier alpha value is -1.94. The summed E-state index contributed by atoms with van der Waals surface area (Å²) in [7, 11) is 0. The highest BCUT2D eigenvalue weighted by molar-refractivity contribution is 7.78. The summed E-state index contributed by atoms with van der Waals surface area (Å²) < 4.78 is 32.8. The molecule has 23 heavy (non-hydrogen) atoms. The second-order valence-electron chi connectivity index (χ2n) is 5.59. The zero-order valence-corrected chi connectivity index (χ0v) is 13.2. The quantitative estimate of drug-likeness (QED) is 0.581. The Balaban J connectivity index is 1.61. The maximum atomic E-state index is 14.2. The SMILES string of the molecule is Fc1ccc(-c2ccc(COC3CC(N=C=S)C3)c(F)c2)cc1. The molecule has 5 heteroatoms. The smallest absolute Gasteiger partial charge is 0.129 e. The third-order valence-corrected chi connectivity index (χ3v) is 4.12. The average Bonchev–Trinajstić information content (AvgIpc) is 2.51. The summed E-state index contributed by atoms with van der Waals surface area (Å²) >= 11 is 4.56. The van der Waals surface area contributed by atoms with Gasteiger partial charge in [-0.25, -0.2) is 13.8 Å². The second kappa shape index (κ2) is 7.09. The normalized spacial score (nSPS) is 19.7. The summed E-state index contributed by atoms with van der Waals surface area (Å²) in [6.07, 6.45) is 1.71. The third kappa shape index (κ3) is 3.88. The highest BCUT2D eigenvalue weighted by Gasteiger charge is 2.29. The molecule has 0 aromatic heterocycles. The number of hydrogen-bond donors (Lipinski definition) is 0. The summed E-state index contributed by atoms with van der Waals surface area (Å²) in [5.74, 6) is -0.629. The molecule has 0 aliphatic heterocycles. The molecule has 0 atom stereocenters. The Morgan fingerprint density at radius 3 is 2.43 bits per heavy atom. The van der Waals surface area contributed by atoms with Crippen LogP contribution in [0.3, 0.4) is 0 Å². The second-order valence-corrected chi connectivity index (χ2v) is 5.77. The van der Waals surface area contributed by atoms with Crippen LogP contribution in [0.5, 0.6) is 0 Å². The number of benzene rings is 2. The van der Waals surface area contributed by atoms with Crippen molar-refractivity contribution < 1.29 is 13.5 Å². The van der Waals surface area contributed by atoms with E-state index in [-0.39, 0.29) is 30.4 Å².